The number of nitrogens with zero attached hydrogens (tertiary/aromatic N) is 1. The van der Waals surface area contributed by atoms with E-state index < -0.39 is 28.9 Å². The van der Waals surface area contributed by atoms with Gasteiger partial charge in [0.05, 0.1) is 10.5 Å². The number of anilines is 1. The predicted octanol–water partition coefficient (Wildman–Crippen LogP) is 4.00. The van der Waals surface area contributed by atoms with Crippen molar-refractivity contribution < 1.29 is 32.4 Å². The Bertz CT molecular complexity index is 856. The van der Waals surface area contributed by atoms with Crippen molar-refractivity contribution in [1.29, 1.82) is 0 Å². The van der Waals surface area contributed by atoms with Gasteiger partial charge in [-0.2, -0.15) is 13.2 Å². The molecule has 0 saturated heterocycles. The predicted molar refractivity (Wildman–Crippen MR) is 90.4 cm³/mol. The molecular weight excluding hydrogens is 389 g/mol. The second-order valence-corrected chi connectivity index (χ2v) is 6.11. The number of nitro benzene ring substituents is 1. The van der Waals surface area contributed by atoms with E-state index in [1.165, 1.54) is 24.3 Å². The molecule has 0 aromatic heterocycles. The number of benzene rings is 2. The fraction of sp³-hybridized carbons (Fsp3) is 0.125. The van der Waals surface area contributed by atoms with Crippen LogP contribution in [0.5, 0.6) is 0 Å². The average molecular weight is 400 g/mol. The molecule has 0 unspecified atom stereocenters. The highest BCUT2D eigenvalue weighted by molar-refractivity contribution is 8.00. The van der Waals surface area contributed by atoms with Crippen LogP contribution < -0.4 is 5.32 Å². The summed E-state index contributed by atoms with van der Waals surface area (Å²) in [6, 6.07) is 9.89. The lowest BCUT2D eigenvalue weighted by molar-refractivity contribution is -0.383. The van der Waals surface area contributed by atoms with Gasteiger partial charge in [-0.1, -0.05) is 12.1 Å². The summed E-state index contributed by atoms with van der Waals surface area (Å²) in [6.45, 7) is -0.718. The Balaban J connectivity index is 1.92. The Morgan fingerprint density at radius 2 is 1.74 bits per heavy atom. The molecule has 0 heterocycles. The van der Waals surface area contributed by atoms with Gasteiger partial charge < -0.3 is 10.1 Å². The molecule has 142 valence electrons. The number of hydrogen-bond acceptors (Lipinski definition) is 6. The van der Waals surface area contributed by atoms with Crippen LogP contribution in [0, 0.1) is 10.1 Å². The smallest absolute Gasteiger partial charge is 0.446 e. The van der Waals surface area contributed by atoms with E-state index in [9.17, 15) is 32.9 Å². The van der Waals surface area contributed by atoms with Crippen LogP contribution in [-0.2, 0) is 9.53 Å². The number of thioether (sulfide) groups is 1. The number of esters is 1. The van der Waals surface area contributed by atoms with E-state index in [0.717, 1.165) is 24.3 Å². The summed E-state index contributed by atoms with van der Waals surface area (Å²) in [5, 5.41) is 13.1. The van der Waals surface area contributed by atoms with Crippen molar-refractivity contribution in [1.82, 2.24) is 0 Å². The quantitative estimate of drug-likeness (QED) is 0.341. The first-order valence-electron chi connectivity index (χ1n) is 7.22. The Morgan fingerprint density at radius 1 is 1.11 bits per heavy atom. The van der Waals surface area contributed by atoms with Crippen LogP contribution in [0.15, 0.2) is 53.4 Å². The zero-order valence-electron chi connectivity index (χ0n) is 13.4. The van der Waals surface area contributed by atoms with Gasteiger partial charge in [-0.15, -0.1) is 0 Å². The number of carbonyl (C=O) groups excluding carboxylic acids is 2. The molecule has 0 fully saturated rings. The van der Waals surface area contributed by atoms with E-state index in [1.54, 1.807) is 0 Å². The Labute approximate surface area is 154 Å². The lowest BCUT2D eigenvalue weighted by Crippen LogP contribution is -2.21. The first-order valence-corrected chi connectivity index (χ1v) is 8.03. The molecule has 0 atom stereocenters. The summed E-state index contributed by atoms with van der Waals surface area (Å²) in [7, 11) is 0. The molecule has 1 amide bonds. The van der Waals surface area contributed by atoms with E-state index in [-0.39, 0.29) is 33.6 Å². The number of nitrogens with one attached hydrogen (secondary N) is 1. The molecule has 2 aromatic rings. The molecule has 2 aromatic carbocycles. The highest BCUT2D eigenvalue weighted by atomic mass is 32.2. The monoisotopic (exact) mass is 400 g/mol. The first kappa shape index (κ1) is 20.2. The molecule has 0 saturated carbocycles. The van der Waals surface area contributed by atoms with Crippen LogP contribution >= 0.6 is 11.8 Å². The maximum Gasteiger partial charge on any atom is 0.446 e. The summed E-state index contributed by atoms with van der Waals surface area (Å²) in [4.78, 5) is 33.7. The Hall–Kier alpha value is -3.08. The molecule has 0 radical (unpaired) electrons. The SMILES string of the molecule is O=C(COC(=O)c1ccc(SC(F)(F)F)cc1)Nc1ccccc1[N+](=O)[O-]. The molecule has 0 aliphatic rings. The van der Waals surface area contributed by atoms with Crippen molar-refractivity contribution in [2.45, 2.75) is 10.4 Å². The lowest BCUT2D eigenvalue weighted by atomic mass is 10.2. The minimum Gasteiger partial charge on any atom is -0.452 e. The topological polar surface area (TPSA) is 98.5 Å². The van der Waals surface area contributed by atoms with Gasteiger partial charge >= 0.3 is 11.5 Å². The molecule has 27 heavy (non-hydrogen) atoms. The van der Waals surface area contributed by atoms with Crippen molar-refractivity contribution in [3.05, 3.63) is 64.2 Å². The van der Waals surface area contributed by atoms with Gasteiger partial charge in [-0.05, 0) is 42.1 Å². The number of rotatable bonds is 6. The summed E-state index contributed by atoms with van der Waals surface area (Å²) >= 11 is -0.327. The second-order valence-electron chi connectivity index (χ2n) is 4.97. The number of nitro groups is 1. The van der Waals surface area contributed by atoms with Gasteiger partial charge in [0.25, 0.3) is 11.6 Å². The summed E-state index contributed by atoms with van der Waals surface area (Å²) in [5.74, 6) is -1.72. The lowest BCUT2D eigenvalue weighted by Gasteiger charge is -2.08. The van der Waals surface area contributed by atoms with Gasteiger partial charge in [0.15, 0.2) is 6.61 Å². The minimum absolute atomic E-state index is 0.0417. The number of ether oxygens (including phenoxy) is 1. The van der Waals surface area contributed by atoms with Gasteiger partial charge in [0.1, 0.15) is 5.69 Å². The standard InChI is InChI=1S/C16H11F3N2O5S/c17-16(18,19)27-11-7-5-10(6-8-11)15(23)26-9-14(22)20-12-3-1-2-4-13(12)21(24)25/h1-8H,9H2,(H,20,22). The summed E-state index contributed by atoms with van der Waals surface area (Å²) in [5.41, 5.74) is -4.87. The number of alkyl halides is 3. The average Bonchev–Trinajstić information content (AvgIpc) is 2.59. The van der Waals surface area contributed by atoms with Gasteiger partial charge in [-0.3, -0.25) is 14.9 Å². The normalized spacial score (nSPS) is 10.9. The van der Waals surface area contributed by atoms with Crippen LogP contribution in [0.1, 0.15) is 10.4 Å². The molecule has 2 rings (SSSR count). The third kappa shape index (κ3) is 6.29. The molecule has 1 N–H and O–H groups in total. The van der Waals surface area contributed by atoms with E-state index in [2.05, 4.69) is 5.32 Å². The molecular formula is C16H11F3N2O5S. The first-order chi connectivity index (χ1) is 12.7. The molecule has 0 aliphatic carbocycles. The molecule has 0 bridgehead atoms. The van der Waals surface area contributed by atoms with E-state index in [4.69, 9.17) is 4.74 Å². The van der Waals surface area contributed by atoms with Gasteiger partial charge in [0.2, 0.25) is 0 Å². The third-order valence-corrected chi connectivity index (χ3v) is 3.77. The number of amides is 1. The van der Waals surface area contributed by atoms with Crippen LogP contribution in [0.3, 0.4) is 0 Å². The fourth-order valence-corrected chi connectivity index (χ4v) is 2.47. The highest BCUT2D eigenvalue weighted by Crippen LogP contribution is 2.36. The third-order valence-electron chi connectivity index (χ3n) is 3.03. The van der Waals surface area contributed by atoms with Crippen molar-refractivity contribution >= 4 is 35.0 Å². The summed E-state index contributed by atoms with van der Waals surface area (Å²) < 4.78 is 41.5. The van der Waals surface area contributed by atoms with Gasteiger partial charge in [-0.25, -0.2) is 4.79 Å². The van der Waals surface area contributed by atoms with Crippen LogP contribution in [-0.4, -0.2) is 28.9 Å². The zero-order valence-corrected chi connectivity index (χ0v) is 14.2. The maximum absolute atomic E-state index is 12.3. The Morgan fingerprint density at radius 3 is 2.33 bits per heavy atom. The number of para-hydroxylation sites is 2. The number of hydrogen-bond donors (Lipinski definition) is 1. The van der Waals surface area contributed by atoms with Crippen molar-refractivity contribution in [2.75, 3.05) is 11.9 Å². The second kappa shape index (κ2) is 8.54. The summed E-state index contributed by atoms with van der Waals surface area (Å²) in [6.07, 6.45) is 0. The molecule has 7 nitrogen and oxygen atoms in total. The van der Waals surface area contributed by atoms with Crippen LogP contribution in [0.25, 0.3) is 0 Å². The largest absolute Gasteiger partial charge is 0.452 e. The fourth-order valence-electron chi connectivity index (χ4n) is 1.93. The van der Waals surface area contributed by atoms with Crippen molar-refractivity contribution in [3.63, 3.8) is 0 Å². The van der Waals surface area contributed by atoms with Crippen molar-refractivity contribution in [2.24, 2.45) is 0 Å². The van der Waals surface area contributed by atoms with Gasteiger partial charge in [0, 0.05) is 11.0 Å². The number of halogens is 3. The minimum atomic E-state index is -4.44. The number of carbonyl (C=O) groups is 2. The van der Waals surface area contributed by atoms with Crippen molar-refractivity contribution in [3.8, 4) is 0 Å². The molecule has 0 aliphatic heterocycles. The molecule has 11 heteroatoms. The molecule has 0 spiro atoms. The van der Waals surface area contributed by atoms with Crippen LogP contribution in [0.4, 0.5) is 24.5 Å². The van der Waals surface area contributed by atoms with E-state index >= 15 is 0 Å². The Kier molecular flexibility index (Phi) is 6.40. The highest BCUT2D eigenvalue weighted by Gasteiger charge is 2.29. The zero-order chi connectivity index (χ0) is 20.0. The van der Waals surface area contributed by atoms with Crippen LogP contribution in [0.2, 0.25) is 0 Å². The maximum atomic E-state index is 12.3. The van der Waals surface area contributed by atoms with E-state index in [0.29, 0.717) is 0 Å². The van der Waals surface area contributed by atoms with E-state index in [1.807, 2.05) is 0 Å².